The molecule has 0 aliphatic rings. The molecular formula is C8H7N3O3S. The van der Waals surface area contributed by atoms with E-state index in [1.54, 1.807) is 17.8 Å². The molecule has 1 heterocycles. The van der Waals surface area contributed by atoms with Gasteiger partial charge in [0, 0.05) is 11.0 Å². The van der Waals surface area contributed by atoms with E-state index in [1.807, 2.05) is 6.92 Å². The number of nitrogens with zero attached hydrogens (tertiary/aromatic N) is 3. The van der Waals surface area contributed by atoms with Crippen LogP contribution < -0.4 is 0 Å². The average molecular weight is 225 g/mol. The van der Waals surface area contributed by atoms with Gasteiger partial charge in [0.05, 0.1) is 4.92 Å². The SMILES string of the molecule is CCSc1ccc([N+](=O)[O-])c2nonc12. The number of thioether (sulfide) groups is 1. The number of aromatic nitrogens is 2. The zero-order chi connectivity index (χ0) is 10.8. The number of fused-ring (bicyclic) bond motifs is 1. The van der Waals surface area contributed by atoms with Crippen LogP contribution in [-0.2, 0) is 0 Å². The first-order valence-corrected chi connectivity index (χ1v) is 5.25. The summed E-state index contributed by atoms with van der Waals surface area (Å²) in [6, 6.07) is 3.09. The predicted molar refractivity (Wildman–Crippen MR) is 54.9 cm³/mol. The van der Waals surface area contributed by atoms with Crippen LogP contribution in [0.15, 0.2) is 21.7 Å². The Labute approximate surface area is 88.8 Å². The van der Waals surface area contributed by atoms with Crippen LogP contribution in [0.2, 0.25) is 0 Å². The molecule has 2 aromatic rings. The third-order valence-corrected chi connectivity index (χ3v) is 2.78. The van der Waals surface area contributed by atoms with Gasteiger partial charge >= 0.3 is 5.69 Å². The van der Waals surface area contributed by atoms with Gasteiger partial charge in [0.25, 0.3) is 0 Å². The maximum Gasteiger partial charge on any atom is 0.300 e. The lowest BCUT2D eigenvalue weighted by molar-refractivity contribution is -0.383. The standard InChI is InChI=1S/C8H7N3O3S/c1-2-15-6-4-3-5(11(12)13)7-8(6)10-14-9-7/h3-4H,2H2,1H3. The minimum absolute atomic E-state index is 0.0771. The first-order chi connectivity index (χ1) is 7.24. The molecule has 0 unspecified atom stereocenters. The molecule has 2 rings (SSSR count). The molecule has 0 atom stereocenters. The zero-order valence-electron chi connectivity index (χ0n) is 7.84. The van der Waals surface area contributed by atoms with Gasteiger partial charge in [0.2, 0.25) is 5.52 Å². The van der Waals surface area contributed by atoms with Gasteiger partial charge in [-0.1, -0.05) is 6.92 Å². The zero-order valence-corrected chi connectivity index (χ0v) is 8.65. The van der Waals surface area contributed by atoms with E-state index >= 15 is 0 Å². The maximum atomic E-state index is 10.7. The van der Waals surface area contributed by atoms with Crippen LogP contribution in [0.3, 0.4) is 0 Å². The Morgan fingerprint density at radius 3 is 2.87 bits per heavy atom. The minimum atomic E-state index is -0.493. The minimum Gasteiger partial charge on any atom is -0.258 e. The van der Waals surface area contributed by atoms with Crippen molar-refractivity contribution in [1.29, 1.82) is 0 Å². The van der Waals surface area contributed by atoms with Crippen LogP contribution in [0.25, 0.3) is 11.0 Å². The number of benzene rings is 1. The summed E-state index contributed by atoms with van der Waals surface area (Å²) in [6.45, 7) is 1.99. The number of non-ortho nitro benzene ring substituents is 1. The Bertz CT molecular complexity index is 511. The molecule has 15 heavy (non-hydrogen) atoms. The van der Waals surface area contributed by atoms with E-state index in [0.29, 0.717) is 5.52 Å². The Kier molecular flexibility index (Phi) is 2.55. The van der Waals surface area contributed by atoms with Crippen molar-refractivity contribution >= 4 is 28.5 Å². The summed E-state index contributed by atoms with van der Waals surface area (Å²) >= 11 is 1.54. The molecule has 0 N–H and O–H groups in total. The Hall–Kier alpha value is -1.63. The Balaban J connectivity index is 2.65. The molecule has 0 fully saturated rings. The van der Waals surface area contributed by atoms with Gasteiger partial charge in [0.15, 0.2) is 5.52 Å². The van der Waals surface area contributed by atoms with Gasteiger partial charge in [-0.3, -0.25) is 10.1 Å². The lowest BCUT2D eigenvalue weighted by Gasteiger charge is -1.97. The normalized spacial score (nSPS) is 10.7. The van der Waals surface area contributed by atoms with Crippen molar-refractivity contribution in [2.45, 2.75) is 11.8 Å². The molecule has 6 nitrogen and oxygen atoms in total. The predicted octanol–water partition coefficient (Wildman–Crippen LogP) is 2.24. The van der Waals surface area contributed by atoms with E-state index in [1.165, 1.54) is 6.07 Å². The number of hydrogen-bond donors (Lipinski definition) is 0. The van der Waals surface area contributed by atoms with Gasteiger partial charge in [-0.2, -0.15) is 0 Å². The Morgan fingerprint density at radius 1 is 1.47 bits per heavy atom. The van der Waals surface area contributed by atoms with Crippen LogP contribution in [0.1, 0.15) is 6.92 Å². The number of nitro groups is 1. The molecular weight excluding hydrogens is 218 g/mol. The third kappa shape index (κ3) is 1.65. The fourth-order valence-corrected chi connectivity index (χ4v) is 2.00. The van der Waals surface area contributed by atoms with E-state index < -0.39 is 4.92 Å². The lowest BCUT2D eigenvalue weighted by Crippen LogP contribution is -1.90. The summed E-state index contributed by atoms with van der Waals surface area (Å²) < 4.78 is 4.52. The average Bonchev–Trinajstić information content (AvgIpc) is 2.66. The molecule has 0 spiro atoms. The van der Waals surface area contributed by atoms with Gasteiger partial charge in [0.1, 0.15) is 0 Å². The van der Waals surface area contributed by atoms with Crippen LogP contribution >= 0.6 is 11.8 Å². The van der Waals surface area contributed by atoms with E-state index in [-0.39, 0.29) is 11.2 Å². The van der Waals surface area contributed by atoms with Crippen molar-refractivity contribution in [3.63, 3.8) is 0 Å². The van der Waals surface area contributed by atoms with E-state index in [9.17, 15) is 10.1 Å². The monoisotopic (exact) mass is 225 g/mol. The van der Waals surface area contributed by atoms with Crippen molar-refractivity contribution in [2.75, 3.05) is 5.75 Å². The van der Waals surface area contributed by atoms with E-state index in [2.05, 4.69) is 14.9 Å². The largest absolute Gasteiger partial charge is 0.300 e. The Morgan fingerprint density at radius 2 is 2.20 bits per heavy atom. The summed E-state index contributed by atoms with van der Waals surface area (Å²) in [4.78, 5) is 11.0. The smallest absolute Gasteiger partial charge is 0.258 e. The summed E-state index contributed by atoms with van der Waals surface area (Å²) in [5.41, 5.74) is 0.584. The summed E-state index contributed by atoms with van der Waals surface area (Å²) in [5, 5.41) is 17.9. The molecule has 0 saturated carbocycles. The molecule has 0 saturated heterocycles. The van der Waals surface area contributed by atoms with Crippen molar-refractivity contribution in [3.05, 3.63) is 22.2 Å². The van der Waals surface area contributed by atoms with Crippen molar-refractivity contribution in [1.82, 2.24) is 10.3 Å². The highest BCUT2D eigenvalue weighted by atomic mass is 32.2. The van der Waals surface area contributed by atoms with Crippen molar-refractivity contribution < 1.29 is 9.55 Å². The number of hydrogen-bond acceptors (Lipinski definition) is 6. The fourth-order valence-electron chi connectivity index (χ4n) is 1.25. The molecule has 0 radical (unpaired) electrons. The summed E-state index contributed by atoms with van der Waals surface area (Å²) in [5.74, 6) is 0.861. The number of nitro benzene ring substituents is 1. The highest BCUT2D eigenvalue weighted by Crippen LogP contribution is 2.31. The highest BCUT2D eigenvalue weighted by molar-refractivity contribution is 7.99. The maximum absolute atomic E-state index is 10.7. The molecule has 78 valence electrons. The summed E-state index contributed by atoms with van der Waals surface area (Å²) in [7, 11) is 0. The van der Waals surface area contributed by atoms with Crippen molar-refractivity contribution in [3.8, 4) is 0 Å². The molecule has 1 aromatic carbocycles. The van der Waals surface area contributed by atoms with Crippen LogP contribution in [-0.4, -0.2) is 21.0 Å². The van der Waals surface area contributed by atoms with Crippen LogP contribution in [0.4, 0.5) is 5.69 Å². The molecule has 7 heteroatoms. The molecule has 0 bridgehead atoms. The molecule has 0 amide bonds. The van der Waals surface area contributed by atoms with Gasteiger partial charge in [-0.15, -0.1) is 11.8 Å². The van der Waals surface area contributed by atoms with Crippen LogP contribution in [0.5, 0.6) is 0 Å². The molecule has 0 aliphatic heterocycles. The van der Waals surface area contributed by atoms with E-state index in [0.717, 1.165) is 10.6 Å². The van der Waals surface area contributed by atoms with Gasteiger partial charge < -0.3 is 0 Å². The quantitative estimate of drug-likeness (QED) is 0.452. The second kappa shape index (κ2) is 3.85. The highest BCUT2D eigenvalue weighted by Gasteiger charge is 2.19. The van der Waals surface area contributed by atoms with Gasteiger partial charge in [-0.25, -0.2) is 4.63 Å². The third-order valence-electron chi connectivity index (χ3n) is 1.85. The van der Waals surface area contributed by atoms with E-state index in [4.69, 9.17) is 0 Å². The fraction of sp³-hybridized carbons (Fsp3) is 0.250. The van der Waals surface area contributed by atoms with Gasteiger partial charge in [-0.05, 0) is 22.1 Å². The number of rotatable bonds is 3. The second-order valence-electron chi connectivity index (χ2n) is 2.73. The second-order valence-corrected chi connectivity index (χ2v) is 4.04. The molecule has 0 aliphatic carbocycles. The lowest BCUT2D eigenvalue weighted by atomic mass is 10.3. The first kappa shape index (κ1) is 9.91. The first-order valence-electron chi connectivity index (χ1n) is 4.26. The van der Waals surface area contributed by atoms with Crippen molar-refractivity contribution in [2.24, 2.45) is 0 Å². The van der Waals surface area contributed by atoms with Crippen LogP contribution in [0, 0.1) is 10.1 Å². The summed E-state index contributed by atoms with van der Waals surface area (Å²) in [6.07, 6.45) is 0. The topological polar surface area (TPSA) is 82.1 Å². The molecule has 1 aromatic heterocycles.